The van der Waals surface area contributed by atoms with Gasteiger partial charge in [0.05, 0.1) is 143 Å². The minimum Gasteiger partial charge on any atom is -0.549 e. The van der Waals surface area contributed by atoms with Crippen LogP contribution >= 0.6 is 0 Å². The van der Waals surface area contributed by atoms with Crippen LogP contribution in [-0.2, 0) is 220 Å². The van der Waals surface area contributed by atoms with Crippen molar-refractivity contribution in [1.29, 1.82) is 0 Å². The normalized spacial score (nSPS) is 12.1. The summed E-state index contributed by atoms with van der Waals surface area (Å²) in [5.74, 6) is -30.3. The quantitative estimate of drug-likeness (QED) is 0.0561. The van der Waals surface area contributed by atoms with E-state index < -0.39 is 143 Å². The van der Waals surface area contributed by atoms with E-state index in [1.54, 1.807) is 83.1 Å². The number of carbonyl (C=O) groups is 24. The predicted molar refractivity (Wildman–Crippen MR) is 376 cm³/mol. The Bertz CT molecular complexity index is 2140. The first-order valence-electron chi connectivity index (χ1n) is 35.7. The Morgan fingerprint density at radius 3 is 0.239 bits per heavy atom. The number of aliphatic carboxylic acids is 12. The van der Waals surface area contributed by atoms with Gasteiger partial charge in [0.15, 0.2) is 0 Å². The number of hydrogen-bond acceptors (Lipinski definition) is 37. The summed E-state index contributed by atoms with van der Waals surface area (Å²) < 4.78 is 0. The van der Waals surface area contributed by atoms with Crippen LogP contribution in [0.3, 0.4) is 0 Å². The molecule has 0 spiro atoms. The summed E-state index contributed by atoms with van der Waals surface area (Å²) >= 11 is 0. The summed E-state index contributed by atoms with van der Waals surface area (Å²) in [4.78, 5) is 245. The van der Waals surface area contributed by atoms with E-state index in [0.29, 0.717) is 83.7 Å². The van der Waals surface area contributed by atoms with Gasteiger partial charge in [-0.3, -0.25) is 57.5 Å². The molecule has 0 aliphatic rings. The minimum atomic E-state index is -1.27. The predicted octanol–water partition coefficient (Wildman–Crippen LogP) is -7.01. The zero-order valence-corrected chi connectivity index (χ0v) is 81.5. The SMILES string of the molecule is CCC(C(C)=O)C(=O)[O-].CCC(C(C)=O)C(=O)[O-].CCC(C(C)=O)C(=O)[O-].CCC(C(C)=O)C(=O)[O-].CCC(C(C)=O)C(=O)[O-].CCC(C(C)=O)C(=O)[O-].CCC(C(C)=O)C(=O)[O-].CCC(C(C)=O)C(=O)[O-].CCC(C(C)=O)C(=O)[O-].CCC(C(C)=O)C(=O)[O-].CCC(C(C)=O)C(=O)[O-].CCC(C(C)=O)C(=O)[O-].CCCCO.[Zr+4].[Zr+4].[Zr+4].[Zr]. The van der Waals surface area contributed by atoms with E-state index in [0.717, 1.165) is 12.8 Å². The third-order valence-corrected chi connectivity index (χ3v) is 14.7. The Morgan fingerprint density at radius 1 is 0.179 bits per heavy atom. The van der Waals surface area contributed by atoms with Gasteiger partial charge in [-0.1, -0.05) is 96.4 Å². The Balaban J connectivity index is -0.0000000616. The van der Waals surface area contributed by atoms with E-state index in [4.69, 9.17) is 5.11 Å². The van der Waals surface area contributed by atoms with E-state index in [1.807, 2.05) is 0 Å². The number of carboxylic acid groups (broad SMARTS) is 12. The minimum absolute atomic E-state index is 0. The van der Waals surface area contributed by atoms with Gasteiger partial charge in [0.1, 0.15) is 69.4 Å². The van der Waals surface area contributed by atoms with Gasteiger partial charge in [-0.05, 0) is 167 Å². The fraction of sp³-hybridized carbons (Fsp3) is 0.684. The fourth-order valence-electron chi connectivity index (χ4n) is 7.60. The molecule has 660 valence electrons. The van der Waals surface area contributed by atoms with Gasteiger partial charge in [-0.2, -0.15) is 0 Å². The first-order valence-corrected chi connectivity index (χ1v) is 35.7. The molecule has 0 bridgehead atoms. The van der Waals surface area contributed by atoms with Gasteiger partial charge in [0.25, 0.3) is 0 Å². The van der Waals surface area contributed by atoms with E-state index in [9.17, 15) is 176 Å². The van der Waals surface area contributed by atoms with Gasteiger partial charge < -0.3 is 124 Å². The van der Waals surface area contributed by atoms with Gasteiger partial charge in [-0.15, -0.1) is 0 Å². The fourth-order valence-corrected chi connectivity index (χ4v) is 7.60. The number of hydrogen-bond donors (Lipinski definition) is 1. The zero-order valence-electron chi connectivity index (χ0n) is 71.7. The topological polar surface area (TPSA) is 707 Å². The van der Waals surface area contributed by atoms with Crippen LogP contribution in [0.2, 0.25) is 0 Å². The van der Waals surface area contributed by atoms with Crippen LogP contribution < -0.4 is 61.3 Å². The van der Waals surface area contributed by atoms with Crippen molar-refractivity contribution in [2.24, 2.45) is 71.0 Å². The summed E-state index contributed by atoms with van der Waals surface area (Å²) in [6.45, 7) is 37.1. The summed E-state index contributed by atoms with van der Waals surface area (Å²) in [6.07, 6.45) is 5.84. The van der Waals surface area contributed by atoms with E-state index >= 15 is 0 Å². The molecule has 0 rings (SSSR count). The molecule has 117 heavy (non-hydrogen) atoms. The largest absolute Gasteiger partial charge is 4.00 e. The molecule has 41 heteroatoms. The Kier molecular flexibility index (Phi) is 122. The molecule has 12 atom stereocenters. The Labute approximate surface area is 761 Å². The number of aliphatic hydroxyl groups excluding tert-OH is 1. The van der Waals surface area contributed by atoms with Crippen molar-refractivity contribution in [2.45, 2.75) is 263 Å². The molecular formula is C76H118O37Zr4. The van der Waals surface area contributed by atoms with Crippen LogP contribution in [-0.4, -0.2) is 153 Å². The van der Waals surface area contributed by atoms with Gasteiger partial charge in [-0.25, -0.2) is 0 Å². The van der Waals surface area contributed by atoms with Crippen molar-refractivity contribution in [3.63, 3.8) is 0 Å². The maximum absolute atomic E-state index is 10.4. The van der Waals surface area contributed by atoms with Gasteiger partial charge in [0.2, 0.25) is 0 Å². The summed E-state index contributed by atoms with van der Waals surface area (Å²) in [5, 5.41) is 129. The Morgan fingerprint density at radius 2 is 0.239 bits per heavy atom. The van der Waals surface area contributed by atoms with Crippen LogP contribution in [0.5, 0.6) is 0 Å². The van der Waals surface area contributed by atoms with Crippen molar-refractivity contribution in [3.8, 4) is 0 Å². The summed E-state index contributed by atoms with van der Waals surface area (Å²) in [5.41, 5.74) is 0. The van der Waals surface area contributed by atoms with E-state index in [2.05, 4.69) is 6.92 Å². The van der Waals surface area contributed by atoms with Crippen molar-refractivity contribution in [1.82, 2.24) is 0 Å². The summed E-state index contributed by atoms with van der Waals surface area (Å²) in [6, 6.07) is 0. The average Bonchev–Trinajstić information content (AvgIpc) is 1.09. The van der Waals surface area contributed by atoms with Crippen LogP contribution in [0.25, 0.3) is 0 Å². The number of Topliss-reactive ketones (excluding diaryl/α,β-unsaturated/α-hetero) is 12. The molecule has 1 N–H and O–H groups in total. The van der Waals surface area contributed by atoms with Crippen molar-refractivity contribution < 1.29 is 286 Å². The molecule has 0 amide bonds. The van der Waals surface area contributed by atoms with Crippen LogP contribution in [0.15, 0.2) is 0 Å². The third kappa shape index (κ3) is 94.5. The van der Waals surface area contributed by atoms with Gasteiger partial charge in [0, 0.05) is 32.8 Å². The second-order valence-corrected chi connectivity index (χ2v) is 23.8. The number of unbranched alkanes of at least 4 members (excludes halogenated alkanes) is 1. The summed E-state index contributed by atoms with van der Waals surface area (Å²) in [7, 11) is 0. The average molecular weight is 1990 g/mol. The smallest absolute Gasteiger partial charge is 0.549 e. The molecule has 0 aliphatic carbocycles. The number of carbonyl (C=O) groups excluding carboxylic acids is 24. The number of ketones is 12. The molecule has 0 heterocycles. The molecule has 0 aromatic rings. The first kappa shape index (κ1) is 151. The zero-order chi connectivity index (χ0) is 93.4. The number of rotatable bonds is 38. The Hall–Kier alpha value is -6.83. The van der Waals surface area contributed by atoms with E-state index in [1.165, 1.54) is 83.1 Å². The second-order valence-electron chi connectivity index (χ2n) is 23.8. The third-order valence-electron chi connectivity index (χ3n) is 14.7. The van der Waals surface area contributed by atoms with Crippen LogP contribution in [0.1, 0.15) is 263 Å². The second kappa shape index (κ2) is 94.7. The number of carboxylic acids is 12. The molecule has 0 radical (unpaired) electrons. The molecule has 0 fully saturated rings. The maximum Gasteiger partial charge on any atom is 4.00 e. The molecular weight excluding hydrogens is 1870 g/mol. The van der Waals surface area contributed by atoms with Crippen LogP contribution in [0.4, 0.5) is 0 Å². The van der Waals surface area contributed by atoms with Crippen molar-refractivity contribution >= 4 is 141 Å². The molecule has 37 nitrogen and oxygen atoms in total. The molecule has 0 aliphatic heterocycles. The van der Waals surface area contributed by atoms with Crippen molar-refractivity contribution in [2.75, 3.05) is 6.61 Å². The van der Waals surface area contributed by atoms with Gasteiger partial charge >= 0.3 is 78.6 Å². The van der Waals surface area contributed by atoms with E-state index in [-0.39, 0.29) is 174 Å². The molecule has 0 saturated carbocycles. The molecule has 0 aromatic carbocycles. The number of aliphatic hydroxyl groups is 1. The first-order chi connectivity index (χ1) is 51.5. The molecule has 0 aromatic heterocycles. The standard InChI is InChI=1S/12C6H10O3.C4H10O.4Zr/c12*1-3-5(4(2)7)6(8)9;1-2-3-4-5;;;;/h12*5H,3H2,1-2H3,(H,8,9);5H,2-4H2,1H3;;;;/q;;;;;;;;;;;;;;3*+4/p-12. The molecule has 0 saturated heterocycles. The van der Waals surface area contributed by atoms with Crippen LogP contribution in [0, 0.1) is 71.0 Å². The van der Waals surface area contributed by atoms with Crippen molar-refractivity contribution in [3.05, 3.63) is 0 Å². The maximum atomic E-state index is 10.4. The monoisotopic (exact) mass is 1980 g/mol. The molecule has 12 unspecified atom stereocenters.